The third-order valence-electron chi connectivity index (χ3n) is 7.34. The zero-order valence-electron chi connectivity index (χ0n) is 19.7. The smallest absolute Gasteiger partial charge is 0.417 e. The Morgan fingerprint density at radius 3 is 2.28 bits per heavy atom. The zero-order chi connectivity index (χ0) is 25.7. The predicted octanol–water partition coefficient (Wildman–Crippen LogP) is 5.11. The summed E-state index contributed by atoms with van der Waals surface area (Å²) < 4.78 is 46.9. The van der Waals surface area contributed by atoms with Crippen molar-refractivity contribution < 1.29 is 22.7 Å². The highest BCUT2D eigenvalue weighted by molar-refractivity contribution is 7.81. The highest BCUT2D eigenvalue weighted by atomic mass is 32.1. The first-order valence-corrected chi connectivity index (χ1v) is 12.3. The van der Waals surface area contributed by atoms with Gasteiger partial charge in [0.25, 0.3) is 5.91 Å². The van der Waals surface area contributed by atoms with E-state index >= 15 is 0 Å². The number of nitriles is 1. The van der Waals surface area contributed by atoms with Gasteiger partial charge in [0, 0.05) is 18.8 Å². The number of piperidine rings is 1. The minimum absolute atomic E-state index is 0.00678. The molecule has 1 amide bonds. The highest BCUT2D eigenvalue weighted by Gasteiger charge is 2.59. The number of amides is 1. The third kappa shape index (κ3) is 4.10. The first-order valence-electron chi connectivity index (χ1n) is 11.9. The van der Waals surface area contributed by atoms with Crippen molar-refractivity contribution in [1.29, 1.82) is 5.26 Å². The average molecular weight is 515 g/mol. The van der Waals surface area contributed by atoms with Crippen molar-refractivity contribution in [3.63, 3.8) is 0 Å². The van der Waals surface area contributed by atoms with Gasteiger partial charge in [-0.15, -0.1) is 0 Å². The summed E-state index contributed by atoms with van der Waals surface area (Å²) in [4.78, 5) is 18.8. The van der Waals surface area contributed by atoms with Gasteiger partial charge in [-0.05, 0) is 93.8 Å². The van der Waals surface area contributed by atoms with E-state index in [0.29, 0.717) is 18.5 Å². The second-order valence-electron chi connectivity index (χ2n) is 9.60. The molecule has 188 valence electrons. The molecule has 0 radical (unpaired) electrons. The lowest BCUT2D eigenvalue weighted by atomic mass is 9.75. The van der Waals surface area contributed by atoms with Crippen molar-refractivity contribution in [3.8, 4) is 11.8 Å². The normalized spacial score (nSPS) is 20.5. The molecule has 2 aromatic carbocycles. The molecule has 5 rings (SSSR count). The van der Waals surface area contributed by atoms with Crippen LogP contribution in [0.1, 0.15) is 43.2 Å². The maximum atomic E-state index is 13.6. The largest absolute Gasteiger partial charge is 0.490 e. The molecular formula is C26H25F3N4O2S. The van der Waals surface area contributed by atoms with E-state index in [1.165, 1.54) is 11.0 Å². The maximum Gasteiger partial charge on any atom is 0.417 e. The fourth-order valence-electron chi connectivity index (χ4n) is 5.18. The lowest BCUT2D eigenvalue weighted by Gasteiger charge is -2.43. The molecule has 0 aromatic heterocycles. The number of rotatable bonds is 4. The molecule has 36 heavy (non-hydrogen) atoms. The Morgan fingerprint density at radius 1 is 1.08 bits per heavy atom. The van der Waals surface area contributed by atoms with Crippen molar-refractivity contribution in [3.05, 3.63) is 53.6 Å². The SMILES string of the molecule is CN1CCC(Oc2ccc(N3C(=S)N(c4ccc(C#N)c(C(F)(F)F)c4)C(=O)C34CCC4)cc2)CC1. The Balaban J connectivity index is 1.43. The maximum absolute atomic E-state index is 13.6. The molecule has 0 N–H and O–H groups in total. The van der Waals surface area contributed by atoms with Crippen molar-refractivity contribution in [2.75, 3.05) is 29.9 Å². The van der Waals surface area contributed by atoms with Gasteiger partial charge in [-0.2, -0.15) is 18.4 Å². The molecule has 0 unspecified atom stereocenters. The van der Waals surface area contributed by atoms with Crippen LogP contribution in [-0.2, 0) is 11.0 Å². The van der Waals surface area contributed by atoms with Gasteiger partial charge in [-0.1, -0.05) is 0 Å². The Hall–Kier alpha value is -3.16. The molecule has 2 saturated heterocycles. The van der Waals surface area contributed by atoms with Gasteiger partial charge in [-0.25, -0.2) is 0 Å². The van der Waals surface area contributed by atoms with E-state index in [2.05, 4.69) is 11.9 Å². The number of nitrogens with zero attached hydrogens (tertiary/aromatic N) is 4. The van der Waals surface area contributed by atoms with Crippen LogP contribution >= 0.6 is 12.2 Å². The van der Waals surface area contributed by atoms with E-state index in [-0.39, 0.29) is 22.8 Å². The molecule has 0 atom stereocenters. The molecule has 2 aliphatic heterocycles. The van der Waals surface area contributed by atoms with Crippen LogP contribution in [0.2, 0.25) is 0 Å². The molecular weight excluding hydrogens is 489 g/mol. The van der Waals surface area contributed by atoms with Crippen LogP contribution in [0.15, 0.2) is 42.5 Å². The van der Waals surface area contributed by atoms with Crippen LogP contribution in [0.25, 0.3) is 0 Å². The number of thiocarbonyl (C=S) groups is 1. The fourth-order valence-corrected chi connectivity index (χ4v) is 5.65. The van der Waals surface area contributed by atoms with E-state index in [9.17, 15) is 18.0 Å². The number of alkyl halides is 3. The topological polar surface area (TPSA) is 59.8 Å². The molecule has 2 aromatic rings. The summed E-state index contributed by atoms with van der Waals surface area (Å²) in [6.07, 6.45) is -0.761. The predicted molar refractivity (Wildman–Crippen MR) is 133 cm³/mol. The Bertz CT molecular complexity index is 1230. The minimum atomic E-state index is -4.73. The van der Waals surface area contributed by atoms with E-state index < -0.39 is 22.8 Å². The first kappa shape index (κ1) is 24.5. The lowest BCUT2D eigenvalue weighted by molar-refractivity contribution is -0.137. The van der Waals surface area contributed by atoms with Gasteiger partial charge < -0.3 is 14.5 Å². The summed E-state index contributed by atoms with van der Waals surface area (Å²) in [5, 5.41) is 9.25. The summed E-state index contributed by atoms with van der Waals surface area (Å²) in [5.74, 6) is 0.384. The van der Waals surface area contributed by atoms with Crippen LogP contribution in [0.5, 0.6) is 5.75 Å². The molecule has 3 aliphatic rings. The average Bonchev–Trinajstić information content (AvgIpc) is 3.07. The summed E-state index contributed by atoms with van der Waals surface area (Å²) >= 11 is 5.67. The summed E-state index contributed by atoms with van der Waals surface area (Å²) in [7, 11) is 2.09. The lowest BCUT2D eigenvalue weighted by Crippen LogP contribution is -2.55. The van der Waals surface area contributed by atoms with Crippen LogP contribution < -0.4 is 14.5 Å². The fraction of sp³-hybridized carbons (Fsp3) is 0.423. The summed E-state index contributed by atoms with van der Waals surface area (Å²) in [5.41, 5.74) is -1.81. The minimum Gasteiger partial charge on any atom is -0.490 e. The van der Waals surface area contributed by atoms with Crippen molar-refractivity contribution in [2.24, 2.45) is 0 Å². The number of halogens is 3. The van der Waals surface area contributed by atoms with E-state index in [1.807, 2.05) is 24.3 Å². The van der Waals surface area contributed by atoms with Gasteiger partial charge in [0.2, 0.25) is 0 Å². The van der Waals surface area contributed by atoms with Crippen molar-refractivity contribution in [2.45, 2.75) is 49.9 Å². The number of hydrogen-bond donors (Lipinski definition) is 0. The monoisotopic (exact) mass is 514 g/mol. The molecule has 2 heterocycles. The zero-order valence-corrected chi connectivity index (χ0v) is 20.5. The second-order valence-corrected chi connectivity index (χ2v) is 9.96. The van der Waals surface area contributed by atoms with Gasteiger partial charge in [0.1, 0.15) is 17.4 Å². The Labute approximate surface area is 212 Å². The van der Waals surface area contributed by atoms with Crippen LogP contribution in [0, 0.1) is 11.3 Å². The second kappa shape index (κ2) is 9.05. The Morgan fingerprint density at radius 2 is 1.72 bits per heavy atom. The van der Waals surface area contributed by atoms with Gasteiger partial charge >= 0.3 is 6.18 Å². The molecule has 0 bridgehead atoms. The van der Waals surface area contributed by atoms with Gasteiger partial charge in [0.05, 0.1) is 22.9 Å². The first-order chi connectivity index (χ1) is 17.1. The summed E-state index contributed by atoms with van der Waals surface area (Å²) in [6.45, 7) is 1.97. The Kier molecular flexibility index (Phi) is 6.17. The summed E-state index contributed by atoms with van der Waals surface area (Å²) in [6, 6.07) is 12.2. The van der Waals surface area contributed by atoms with Crippen molar-refractivity contribution >= 4 is 34.6 Å². The number of hydrogen-bond acceptors (Lipinski definition) is 5. The van der Waals surface area contributed by atoms with Crippen molar-refractivity contribution in [1.82, 2.24) is 4.90 Å². The number of carbonyl (C=O) groups is 1. The number of ether oxygens (including phenoxy) is 1. The molecule has 1 aliphatic carbocycles. The molecule has 6 nitrogen and oxygen atoms in total. The standard InChI is InChI=1S/C26H25F3N4O2S/c1-31-13-9-21(10-14-31)35-20-7-5-18(6-8-20)33-24(36)32(23(34)25(33)11-2-12-25)19-4-3-17(16-30)22(15-19)26(27,28)29/h3-8,15,21H,2,9-14H2,1H3. The molecule has 1 spiro atoms. The van der Waals surface area contributed by atoms with Gasteiger partial charge in [0.15, 0.2) is 5.11 Å². The quantitative estimate of drug-likeness (QED) is 0.529. The van der Waals surface area contributed by atoms with Crippen LogP contribution in [0.3, 0.4) is 0 Å². The third-order valence-corrected chi connectivity index (χ3v) is 7.71. The number of likely N-dealkylation sites (tertiary alicyclic amines) is 1. The van der Waals surface area contributed by atoms with Crippen LogP contribution in [-0.4, -0.2) is 47.7 Å². The highest BCUT2D eigenvalue weighted by Crippen LogP contribution is 2.48. The van der Waals surface area contributed by atoms with E-state index in [0.717, 1.165) is 50.2 Å². The van der Waals surface area contributed by atoms with E-state index in [4.69, 9.17) is 22.2 Å². The number of carbonyl (C=O) groups excluding carboxylic acids is 1. The van der Waals surface area contributed by atoms with Gasteiger partial charge in [-0.3, -0.25) is 9.69 Å². The van der Waals surface area contributed by atoms with Crippen LogP contribution in [0.4, 0.5) is 24.5 Å². The molecule has 3 fully saturated rings. The van der Waals surface area contributed by atoms with E-state index in [1.54, 1.807) is 11.0 Å². The number of anilines is 2. The molecule has 10 heteroatoms. The number of benzene rings is 2. The molecule has 1 saturated carbocycles.